The zero-order valence-corrected chi connectivity index (χ0v) is 22.4. The minimum Gasteiger partial charge on any atom is -0.309 e. The molecule has 2 heteroatoms. The van der Waals surface area contributed by atoms with E-state index in [1.54, 1.807) is 0 Å². The molecule has 0 aliphatic heterocycles. The van der Waals surface area contributed by atoms with Gasteiger partial charge < -0.3 is 4.57 Å². The molecular formula is C38H24ClN. The zero-order valence-electron chi connectivity index (χ0n) is 21.7. The second-order valence-corrected chi connectivity index (χ2v) is 10.8. The number of fused-ring (bicyclic) bond motifs is 6. The zero-order chi connectivity index (χ0) is 26.6. The van der Waals surface area contributed by atoms with Crippen molar-refractivity contribution in [3.05, 3.63) is 151 Å². The average Bonchev–Trinajstić information content (AvgIpc) is 3.35. The molecule has 0 amide bonds. The van der Waals surface area contributed by atoms with E-state index in [0.29, 0.717) is 0 Å². The number of hydrogen-bond acceptors (Lipinski definition) is 0. The predicted octanol–water partition coefficient (Wildman–Crippen LogP) is 11.1. The summed E-state index contributed by atoms with van der Waals surface area (Å²) in [4.78, 5) is 0. The largest absolute Gasteiger partial charge is 0.309 e. The van der Waals surface area contributed by atoms with Gasteiger partial charge in [-0.15, -0.1) is 0 Å². The molecule has 0 fully saturated rings. The molecule has 7 aromatic carbocycles. The van der Waals surface area contributed by atoms with Crippen molar-refractivity contribution < 1.29 is 0 Å². The number of aromatic nitrogens is 1. The van der Waals surface area contributed by atoms with Gasteiger partial charge in [-0.25, -0.2) is 0 Å². The number of benzene rings is 7. The maximum atomic E-state index is 6.26. The molecule has 0 saturated carbocycles. The Morgan fingerprint density at radius 1 is 0.375 bits per heavy atom. The minimum atomic E-state index is 0.740. The Bertz CT molecular complexity index is 2170. The molecule has 0 bridgehead atoms. The number of halogens is 1. The van der Waals surface area contributed by atoms with E-state index in [4.69, 9.17) is 11.6 Å². The normalized spacial score (nSPS) is 11.6. The van der Waals surface area contributed by atoms with Gasteiger partial charge in [-0.3, -0.25) is 0 Å². The van der Waals surface area contributed by atoms with Gasteiger partial charge in [0.05, 0.1) is 11.0 Å². The summed E-state index contributed by atoms with van der Waals surface area (Å²) in [5.74, 6) is 0. The molecule has 188 valence electrons. The highest BCUT2D eigenvalue weighted by molar-refractivity contribution is 6.30. The topological polar surface area (TPSA) is 4.93 Å². The summed E-state index contributed by atoms with van der Waals surface area (Å²) in [6.45, 7) is 0. The van der Waals surface area contributed by atoms with Gasteiger partial charge in [-0.2, -0.15) is 0 Å². The Kier molecular flexibility index (Phi) is 5.26. The Morgan fingerprint density at radius 2 is 0.925 bits per heavy atom. The Balaban J connectivity index is 1.40. The fourth-order valence-corrected chi connectivity index (χ4v) is 6.24. The Hall–Kier alpha value is -4.85. The van der Waals surface area contributed by atoms with E-state index < -0.39 is 0 Å². The average molecular weight is 530 g/mol. The van der Waals surface area contributed by atoms with E-state index in [1.165, 1.54) is 54.5 Å². The van der Waals surface area contributed by atoms with E-state index >= 15 is 0 Å². The number of hydrogen-bond donors (Lipinski definition) is 0. The van der Waals surface area contributed by atoms with Gasteiger partial charge in [-0.1, -0.05) is 109 Å². The van der Waals surface area contributed by atoms with Crippen LogP contribution in [-0.4, -0.2) is 4.57 Å². The summed E-state index contributed by atoms with van der Waals surface area (Å²) >= 11 is 6.26. The molecule has 1 aromatic heterocycles. The minimum absolute atomic E-state index is 0.740. The Labute approximate surface area is 237 Å². The molecule has 8 aromatic rings. The van der Waals surface area contributed by atoms with Gasteiger partial charge in [0, 0.05) is 21.5 Å². The molecule has 1 heterocycles. The fourth-order valence-electron chi connectivity index (χ4n) is 6.11. The first-order valence-corrected chi connectivity index (χ1v) is 13.9. The summed E-state index contributed by atoms with van der Waals surface area (Å²) in [6.07, 6.45) is 0. The lowest BCUT2D eigenvalue weighted by Crippen LogP contribution is -1.96. The first-order valence-electron chi connectivity index (χ1n) is 13.5. The second kappa shape index (κ2) is 9.12. The van der Waals surface area contributed by atoms with Gasteiger partial charge in [-0.05, 0) is 92.3 Å². The van der Waals surface area contributed by atoms with Gasteiger partial charge in [0.2, 0.25) is 0 Å². The van der Waals surface area contributed by atoms with Gasteiger partial charge in [0.25, 0.3) is 0 Å². The van der Waals surface area contributed by atoms with Crippen LogP contribution in [-0.2, 0) is 0 Å². The van der Waals surface area contributed by atoms with E-state index in [-0.39, 0.29) is 0 Å². The number of nitrogens with zero attached hydrogens (tertiary/aromatic N) is 1. The predicted molar refractivity (Wildman–Crippen MR) is 172 cm³/mol. The van der Waals surface area contributed by atoms with Crippen LogP contribution in [0.3, 0.4) is 0 Å². The van der Waals surface area contributed by atoms with E-state index in [2.05, 4.69) is 138 Å². The molecule has 40 heavy (non-hydrogen) atoms. The quantitative estimate of drug-likeness (QED) is 0.200. The summed E-state index contributed by atoms with van der Waals surface area (Å²) in [7, 11) is 0. The van der Waals surface area contributed by atoms with Gasteiger partial charge >= 0.3 is 0 Å². The molecule has 8 rings (SSSR count). The van der Waals surface area contributed by atoms with Crippen molar-refractivity contribution in [1.29, 1.82) is 0 Å². The standard InChI is InChI=1S/C38H24ClN/c39-31-18-15-25(16-19-31)29-22-30(27-17-20-34-28(21-27)14-13-26-7-1-2-8-33(26)34)24-32(23-29)40-37-11-5-3-9-35(37)36-10-4-6-12-38(36)40/h1-24H. The van der Waals surface area contributed by atoms with Crippen LogP contribution in [0.25, 0.3) is 71.3 Å². The Morgan fingerprint density at radius 3 is 1.65 bits per heavy atom. The lowest BCUT2D eigenvalue weighted by molar-refractivity contribution is 1.18. The smallest absolute Gasteiger partial charge is 0.0541 e. The summed E-state index contributed by atoms with van der Waals surface area (Å²) in [5, 5.41) is 8.32. The SMILES string of the molecule is Clc1ccc(-c2cc(-c3ccc4c(ccc5ccccc54)c3)cc(-n3c4ccccc4c4ccccc43)c2)cc1. The lowest BCUT2D eigenvalue weighted by atomic mass is 9.95. The van der Waals surface area contributed by atoms with E-state index in [9.17, 15) is 0 Å². The third-order valence-electron chi connectivity index (χ3n) is 8.01. The van der Waals surface area contributed by atoms with Gasteiger partial charge in [0.15, 0.2) is 0 Å². The van der Waals surface area contributed by atoms with Crippen LogP contribution in [0.2, 0.25) is 5.02 Å². The third kappa shape index (κ3) is 3.71. The second-order valence-electron chi connectivity index (χ2n) is 10.4. The summed E-state index contributed by atoms with van der Waals surface area (Å²) in [6, 6.07) is 52.3. The van der Waals surface area contributed by atoms with Crippen LogP contribution < -0.4 is 0 Å². The third-order valence-corrected chi connectivity index (χ3v) is 8.26. The van der Waals surface area contributed by atoms with Crippen molar-refractivity contribution >= 4 is 55.0 Å². The van der Waals surface area contributed by atoms with Crippen LogP contribution in [0.4, 0.5) is 0 Å². The molecule has 0 N–H and O–H groups in total. The van der Waals surface area contributed by atoms with Gasteiger partial charge in [0.1, 0.15) is 0 Å². The molecule has 0 atom stereocenters. The molecular weight excluding hydrogens is 506 g/mol. The molecule has 0 aliphatic carbocycles. The number of rotatable bonds is 3. The molecule has 1 nitrogen and oxygen atoms in total. The fraction of sp³-hybridized carbons (Fsp3) is 0. The van der Waals surface area contributed by atoms with Crippen LogP contribution in [0, 0.1) is 0 Å². The lowest BCUT2D eigenvalue weighted by Gasteiger charge is -2.15. The van der Waals surface area contributed by atoms with Crippen molar-refractivity contribution in [2.24, 2.45) is 0 Å². The van der Waals surface area contributed by atoms with Crippen molar-refractivity contribution in [3.8, 4) is 27.9 Å². The highest BCUT2D eigenvalue weighted by Crippen LogP contribution is 2.37. The van der Waals surface area contributed by atoms with Crippen molar-refractivity contribution in [2.45, 2.75) is 0 Å². The monoisotopic (exact) mass is 529 g/mol. The van der Waals surface area contributed by atoms with Crippen molar-refractivity contribution in [3.63, 3.8) is 0 Å². The van der Waals surface area contributed by atoms with Crippen molar-refractivity contribution in [1.82, 2.24) is 4.57 Å². The highest BCUT2D eigenvalue weighted by atomic mass is 35.5. The van der Waals surface area contributed by atoms with E-state index in [0.717, 1.165) is 21.8 Å². The van der Waals surface area contributed by atoms with Crippen molar-refractivity contribution in [2.75, 3.05) is 0 Å². The van der Waals surface area contributed by atoms with Crippen LogP contribution in [0.5, 0.6) is 0 Å². The molecule has 0 saturated heterocycles. The first-order chi connectivity index (χ1) is 19.7. The van der Waals surface area contributed by atoms with Crippen LogP contribution in [0.1, 0.15) is 0 Å². The molecule has 0 unspecified atom stereocenters. The highest BCUT2D eigenvalue weighted by Gasteiger charge is 2.14. The number of para-hydroxylation sites is 2. The van der Waals surface area contributed by atoms with Crippen LogP contribution >= 0.6 is 11.6 Å². The maximum Gasteiger partial charge on any atom is 0.0541 e. The molecule has 0 spiro atoms. The van der Waals surface area contributed by atoms with E-state index in [1.807, 2.05) is 12.1 Å². The summed E-state index contributed by atoms with van der Waals surface area (Å²) in [5.41, 5.74) is 8.21. The van der Waals surface area contributed by atoms with Crippen LogP contribution in [0.15, 0.2) is 146 Å². The summed E-state index contributed by atoms with van der Waals surface area (Å²) < 4.78 is 2.39. The first kappa shape index (κ1) is 23.1. The molecule has 0 aliphatic rings. The maximum absolute atomic E-state index is 6.26. The molecule has 0 radical (unpaired) electrons.